The molecular weight excluding hydrogens is 318 g/mol. The number of nitriles is 1. The fourth-order valence-corrected chi connectivity index (χ4v) is 2.75. The lowest BCUT2D eigenvalue weighted by atomic mass is 9.93. The molecule has 0 unspecified atom stereocenters. The predicted molar refractivity (Wildman–Crippen MR) is 94.9 cm³/mol. The molecule has 1 heterocycles. The molecule has 1 N–H and O–H groups in total. The second-order valence-electron chi connectivity index (χ2n) is 7.35. The third-order valence-electron chi connectivity index (χ3n) is 4.04. The van der Waals surface area contributed by atoms with Crippen LogP contribution in [0.2, 0.25) is 0 Å². The average Bonchev–Trinajstić information content (AvgIpc) is 2.54. The summed E-state index contributed by atoms with van der Waals surface area (Å²) in [7, 11) is 0. The summed E-state index contributed by atoms with van der Waals surface area (Å²) in [5.41, 5.74) is 0.761. The van der Waals surface area contributed by atoms with Gasteiger partial charge in [-0.05, 0) is 63.8 Å². The fraction of sp³-hybridized carbons (Fsp3) is 0.526. The smallest absolute Gasteiger partial charge is 0.410 e. The zero-order chi connectivity index (χ0) is 18.4. The van der Waals surface area contributed by atoms with Crippen molar-refractivity contribution in [2.75, 3.05) is 18.4 Å². The maximum Gasteiger partial charge on any atom is 0.410 e. The van der Waals surface area contributed by atoms with E-state index >= 15 is 0 Å². The first-order chi connectivity index (χ1) is 11.8. The predicted octanol–water partition coefficient (Wildman–Crippen LogP) is 3.53. The van der Waals surface area contributed by atoms with Crippen LogP contribution in [0.4, 0.5) is 10.5 Å². The summed E-state index contributed by atoms with van der Waals surface area (Å²) < 4.78 is 5.38. The highest BCUT2D eigenvalue weighted by atomic mass is 16.6. The standard InChI is InChI=1S/C19H25N3O3/c1-19(2,3)25-18(24)22-10-8-14(9-11-22)12-17(23)21-16-6-4-15(13-20)5-7-16/h4-7,14H,8-12H2,1-3H3,(H,21,23). The molecule has 2 amide bonds. The molecule has 25 heavy (non-hydrogen) atoms. The Bertz CT molecular complexity index is 648. The van der Waals surface area contributed by atoms with E-state index < -0.39 is 5.60 Å². The van der Waals surface area contributed by atoms with Crippen molar-refractivity contribution in [2.45, 2.75) is 45.6 Å². The van der Waals surface area contributed by atoms with E-state index in [0.717, 1.165) is 12.8 Å². The van der Waals surface area contributed by atoms with E-state index in [1.165, 1.54) is 0 Å². The molecule has 1 aromatic rings. The van der Waals surface area contributed by atoms with Crippen molar-refractivity contribution in [3.05, 3.63) is 29.8 Å². The molecule has 1 aromatic carbocycles. The van der Waals surface area contributed by atoms with Crippen LogP contribution < -0.4 is 5.32 Å². The van der Waals surface area contributed by atoms with Gasteiger partial charge in [0.2, 0.25) is 5.91 Å². The number of ether oxygens (including phenoxy) is 1. The van der Waals surface area contributed by atoms with E-state index in [4.69, 9.17) is 10.00 Å². The molecule has 0 radical (unpaired) electrons. The number of nitrogens with zero attached hydrogens (tertiary/aromatic N) is 2. The number of piperidine rings is 1. The van der Waals surface area contributed by atoms with Crippen molar-refractivity contribution in [1.29, 1.82) is 5.26 Å². The van der Waals surface area contributed by atoms with Gasteiger partial charge in [0, 0.05) is 25.2 Å². The molecule has 1 saturated heterocycles. The largest absolute Gasteiger partial charge is 0.444 e. The van der Waals surface area contributed by atoms with Gasteiger partial charge in [-0.25, -0.2) is 4.79 Å². The number of nitrogens with one attached hydrogen (secondary N) is 1. The van der Waals surface area contributed by atoms with Gasteiger partial charge >= 0.3 is 6.09 Å². The Labute approximate surface area is 148 Å². The van der Waals surface area contributed by atoms with Gasteiger partial charge in [0.05, 0.1) is 11.6 Å². The third-order valence-corrected chi connectivity index (χ3v) is 4.04. The normalized spacial score (nSPS) is 15.4. The molecule has 0 aromatic heterocycles. The zero-order valence-corrected chi connectivity index (χ0v) is 15.0. The minimum absolute atomic E-state index is 0.0413. The molecule has 6 heteroatoms. The molecule has 0 bridgehead atoms. The molecule has 1 aliphatic rings. The first-order valence-electron chi connectivity index (χ1n) is 8.55. The van der Waals surface area contributed by atoms with Gasteiger partial charge < -0.3 is 15.0 Å². The van der Waals surface area contributed by atoms with Crippen LogP contribution >= 0.6 is 0 Å². The number of hydrogen-bond acceptors (Lipinski definition) is 4. The first-order valence-corrected chi connectivity index (χ1v) is 8.55. The molecule has 1 fully saturated rings. The van der Waals surface area contributed by atoms with E-state index in [2.05, 4.69) is 5.32 Å². The Hall–Kier alpha value is -2.55. The lowest BCUT2D eigenvalue weighted by molar-refractivity contribution is -0.117. The quantitative estimate of drug-likeness (QED) is 0.910. The van der Waals surface area contributed by atoms with E-state index in [-0.39, 0.29) is 17.9 Å². The number of amides is 2. The maximum absolute atomic E-state index is 12.2. The maximum atomic E-state index is 12.2. The molecule has 0 aliphatic carbocycles. The van der Waals surface area contributed by atoms with Crippen molar-refractivity contribution < 1.29 is 14.3 Å². The lowest BCUT2D eigenvalue weighted by Crippen LogP contribution is -2.42. The number of benzene rings is 1. The minimum Gasteiger partial charge on any atom is -0.444 e. The number of rotatable bonds is 3. The Morgan fingerprint density at radius 3 is 2.36 bits per heavy atom. The second-order valence-corrected chi connectivity index (χ2v) is 7.35. The number of anilines is 1. The van der Waals surface area contributed by atoms with Gasteiger partial charge in [0.25, 0.3) is 0 Å². The SMILES string of the molecule is CC(C)(C)OC(=O)N1CCC(CC(=O)Nc2ccc(C#N)cc2)CC1. The molecule has 134 valence electrons. The highest BCUT2D eigenvalue weighted by Crippen LogP contribution is 2.23. The monoisotopic (exact) mass is 343 g/mol. The van der Waals surface area contributed by atoms with E-state index in [0.29, 0.717) is 30.8 Å². The van der Waals surface area contributed by atoms with Gasteiger partial charge in [0.1, 0.15) is 5.60 Å². The Morgan fingerprint density at radius 2 is 1.84 bits per heavy atom. The zero-order valence-electron chi connectivity index (χ0n) is 15.0. The number of carbonyl (C=O) groups excluding carboxylic acids is 2. The van der Waals surface area contributed by atoms with Crippen LogP contribution in [0, 0.1) is 17.2 Å². The van der Waals surface area contributed by atoms with Crippen LogP contribution in [0.5, 0.6) is 0 Å². The van der Waals surface area contributed by atoms with Crippen LogP contribution in [-0.4, -0.2) is 35.6 Å². The second kappa shape index (κ2) is 8.02. The molecule has 2 rings (SSSR count). The molecule has 0 spiro atoms. The first kappa shape index (κ1) is 18.8. The van der Waals surface area contributed by atoms with E-state index in [1.54, 1.807) is 29.2 Å². The number of likely N-dealkylation sites (tertiary alicyclic amines) is 1. The van der Waals surface area contributed by atoms with Crippen molar-refractivity contribution in [3.8, 4) is 6.07 Å². The van der Waals surface area contributed by atoms with Gasteiger partial charge in [-0.2, -0.15) is 5.26 Å². The van der Waals surface area contributed by atoms with E-state index in [1.807, 2.05) is 26.8 Å². The van der Waals surface area contributed by atoms with Crippen molar-refractivity contribution in [3.63, 3.8) is 0 Å². The molecule has 0 saturated carbocycles. The van der Waals surface area contributed by atoms with Crippen LogP contribution in [-0.2, 0) is 9.53 Å². The summed E-state index contributed by atoms with van der Waals surface area (Å²) in [6, 6.07) is 8.84. The summed E-state index contributed by atoms with van der Waals surface area (Å²) in [6.45, 7) is 6.79. The van der Waals surface area contributed by atoms with Crippen LogP contribution in [0.1, 0.15) is 45.6 Å². The third kappa shape index (κ3) is 6.11. The summed E-state index contributed by atoms with van der Waals surface area (Å²) in [6.07, 6.45) is 1.73. The summed E-state index contributed by atoms with van der Waals surface area (Å²) >= 11 is 0. The molecule has 1 aliphatic heterocycles. The molecular formula is C19H25N3O3. The van der Waals surface area contributed by atoms with Crippen molar-refractivity contribution in [2.24, 2.45) is 5.92 Å². The Morgan fingerprint density at radius 1 is 1.24 bits per heavy atom. The molecule has 0 atom stereocenters. The fourth-order valence-electron chi connectivity index (χ4n) is 2.75. The van der Waals surface area contributed by atoms with Crippen molar-refractivity contribution >= 4 is 17.7 Å². The van der Waals surface area contributed by atoms with Gasteiger partial charge in [-0.15, -0.1) is 0 Å². The number of carbonyl (C=O) groups is 2. The van der Waals surface area contributed by atoms with Gasteiger partial charge in [0.15, 0.2) is 0 Å². The van der Waals surface area contributed by atoms with E-state index in [9.17, 15) is 9.59 Å². The Balaban J connectivity index is 1.76. The van der Waals surface area contributed by atoms with Crippen LogP contribution in [0.15, 0.2) is 24.3 Å². The summed E-state index contributed by atoms with van der Waals surface area (Å²) in [5.74, 6) is 0.220. The van der Waals surface area contributed by atoms with Gasteiger partial charge in [-0.3, -0.25) is 4.79 Å². The number of hydrogen-bond donors (Lipinski definition) is 1. The highest BCUT2D eigenvalue weighted by Gasteiger charge is 2.27. The summed E-state index contributed by atoms with van der Waals surface area (Å²) in [5, 5.41) is 11.6. The van der Waals surface area contributed by atoms with Gasteiger partial charge in [-0.1, -0.05) is 0 Å². The highest BCUT2D eigenvalue weighted by molar-refractivity contribution is 5.90. The van der Waals surface area contributed by atoms with Crippen LogP contribution in [0.25, 0.3) is 0 Å². The summed E-state index contributed by atoms with van der Waals surface area (Å²) in [4.78, 5) is 25.9. The van der Waals surface area contributed by atoms with Crippen LogP contribution in [0.3, 0.4) is 0 Å². The minimum atomic E-state index is -0.491. The lowest BCUT2D eigenvalue weighted by Gasteiger charge is -2.33. The topological polar surface area (TPSA) is 82.4 Å². The Kier molecular flexibility index (Phi) is 6.02. The van der Waals surface area contributed by atoms with Crippen molar-refractivity contribution in [1.82, 2.24) is 4.90 Å². The average molecular weight is 343 g/mol. The molecule has 6 nitrogen and oxygen atoms in total.